The number of carbonyl (C=O) groups excluding carboxylic acids is 1. The summed E-state index contributed by atoms with van der Waals surface area (Å²) in [4.78, 5) is 25.8. The van der Waals surface area contributed by atoms with Crippen molar-refractivity contribution in [3.63, 3.8) is 0 Å². The van der Waals surface area contributed by atoms with Gasteiger partial charge in [-0.15, -0.1) is 0 Å². The fourth-order valence-electron chi connectivity index (χ4n) is 3.51. The van der Waals surface area contributed by atoms with Gasteiger partial charge in [-0.25, -0.2) is 0 Å². The van der Waals surface area contributed by atoms with Crippen molar-refractivity contribution in [1.82, 2.24) is 10.2 Å². The van der Waals surface area contributed by atoms with Crippen LogP contribution in [-0.4, -0.2) is 48.1 Å². The number of likely N-dealkylation sites (tertiary alicyclic amines) is 1. The lowest BCUT2D eigenvalue weighted by molar-refractivity contribution is -0.151. The fraction of sp³-hybridized carbons (Fsp3) is 0.867. The molecule has 1 unspecified atom stereocenters. The molecule has 20 heavy (non-hydrogen) atoms. The lowest BCUT2D eigenvalue weighted by Crippen LogP contribution is -2.37. The van der Waals surface area contributed by atoms with Gasteiger partial charge in [-0.05, 0) is 38.3 Å². The number of hydrogen-bond acceptors (Lipinski definition) is 3. The molecule has 2 fully saturated rings. The quantitative estimate of drug-likeness (QED) is 0.774. The van der Waals surface area contributed by atoms with Crippen molar-refractivity contribution in [2.24, 2.45) is 11.3 Å². The van der Waals surface area contributed by atoms with Gasteiger partial charge in [-0.2, -0.15) is 0 Å². The molecule has 114 valence electrons. The molecule has 2 rings (SSSR count). The first kappa shape index (κ1) is 15.3. The van der Waals surface area contributed by atoms with E-state index in [4.69, 9.17) is 0 Å². The van der Waals surface area contributed by atoms with Crippen LogP contribution in [0, 0.1) is 11.3 Å². The molecule has 1 saturated carbocycles. The molecule has 0 aromatic rings. The van der Waals surface area contributed by atoms with Crippen LogP contribution in [0.25, 0.3) is 0 Å². The number of carbonyl (C=O) groups is 2. The van der Waals surface area contributed by atoms with Crippen LogP contribution in [0.3, 0.4) is 0 Å². The van der Waals surface area contributed by atoms with Crippen molar-refractivity contribution in [3.05, 3.63) is 0 Å². The molecule has 2 N–H and O–H groups in total. The third-order valence-electron chi connectivity index (χ3n) is 4.92. The second kappa shape index (κ2) is 6.57. The minimum atomic E-state index is -0.803. The number of rotatable bonds is 6. The van der Waals surface area contributed by atoms with Gasteiger partial charge in [0.2, 0.25) is 5.91 Å². The average Bonchev–Trinajstić information content (AvgIpc) is 3.05. The van der Waals surface area contributed by atoms with E-state index in [-0.39, 0.29) is 12.3 Å². The van der Waals surface area contributed by atoms with E-state index >= 15 is 0 Å². The van der Waals surface area contributed by atoms with E-state index in [9.17, 15) is 14.7 Å². The van der Waals surface area contributed by atoms with Crippen LogP contribution >= 0.6 is 0 Å². The molecule has 1 aliphatic carbocycles. The number of aliphatic carboxylic acids is 1. The Labute approximate surface area is 120 Å². The van der Waals surface area contributed by atoms with E-state index < -0.39 is 11.4 Å². The molecule has 0 radical (unpaired) electrons. The Morgan fingerprint density at radius 3 is 2.60 bits per heavy atom. The van der Waals surface area contributed by atoms with Crippen molar-refractivity contribution in [1.29, 1.82) is 0 Å². The summed E-state index contributed by atoms with van der Waals surface area (Å²) >= 11 is 0. The zero-order valence-corrected chi connectivity index (χ0v) is 12.4. The standard InChI is InChI=1S/C15H26N2O3/c1-2-17-8-5-12(11-17)10-16-13(18)9-15(14(19)20)6-3-4-7-15/h12H,2-11H2,1H3,(H,16,18)(H,19,20). The molecule has 0 aromatic carbocycles. The van der Waals surface area contributed by atoms with Gasteiger partial charge in [0.15, 0.2) is 0 Å². The number of hydrogen-bond donors (Lipinski definition) is 2. The average molecular weight is 282 g/mol. The lowest BCUT2D eigenvalue weighted by Gasteiger charge is -2.23. The summed E-state index contributed by atoms with van der Waals surface area (Å²) in [7, 11) is 0. The summed E-state index contributed by atoms with van der Waals surface area (Å²) in [6, 6.07) is 0. The number of nitrogens with one attached hydrogen (secondary N) is 1. The topological polar surface area (TPSA) is 69.6 Å². The molecule has 1 heterocycles. The minimum Gasteiger partial charge on any atom is -0.481 e. The van der Waals surface area contributed by atoms with Crippen LogP contribution in [0.1, 0.15) is 45.4 Å². The third kappa shape index (κ3) is 3.51. The second-order valence-electron chi connectivity index (χ2n) is 6.32. The van der Waals surface area contributed by atoms with Gasteiger partial charge in [0, 0.05) is 19.5 Å². The van der Waals surface area contributed by atoms with Crippen LogP contribution in [0.15, 0.2) is 0 Å². The summed E-state index contributed by atoms with van der Waals surface area (Å²) in [6.07, 6.45) is 4.40. The first-order chi connectivity index (χ1) is 9.55. The summed E-state index contributed by atoms with van der Waals surface area (Å²) in [5, 5.41) is 12.3. The Balaban J connectivity index is 1.76. The maximum atomic E-state index is 12.0. The largest absolute Gasteiger partial charge is 0.481 e. The molecule has 1 saturated heterocycles. The first-order valence-corrected chi connectivity index (χ1v) is 7.78. The van der Waals surface area contributed by atoms with Crippen molar-refractivity contribution < 1.29 is 14.7 Å². The predicted octanol–water partition coefficient (Wildman–Crippen LogP) is 1.48. The van der Waals surface area contributed by atoms with Crippen molar-refractivity contribution in [3.8, 4) is 0 Å². The highest BCUT2D eigenvalue weighted by Gasteiger charge is 2.42. The molecule has 0 spiro atoms. The van der Waals surface area contributed by atoms with Crippen LogP contribution < -0.4 is 5.32 Å². The Bertz CT molecular complexity index is 364. The van der Waals surface area contributed by atoms with Gasteiger partial charge in [0.1, 0.15) is 0 Å². The number of nitrogens with zero attached hydrogens (tertiary/aromatic N) is 1. The van der Waals surface area contributed by atoms with E-state index in [1.807, 2.05) is 0 Å². The van der Waals surface area contributed by atoms with E-state index in [1.54, 1.807) is 0 Å². The highest BCUT2D eigenvalue weighted by atomic mass is 16.4. The highest BCUT2D eigenvalue weighted by molar-refractivity contribution is 5.85. The number of amides is 1. The number of carboxylic acids is 1. The molecular formula is C15H26N2O3. The second-order valence-corrected chi connectivity index (χ2v) is 6.32. The van der Waals surface area contributed by atoms with Gasteiger partial charge in [-0.1, -0.05) is 19.8 Å². The Hall–Kier alpha value is -1.10. The normalized spacial score (nSPS) is 25.8. The molecule has 5 nitrogen and oxygen atoms in total. The van der Waals surface area contributed by atoms with E-state index in [0.29, 0.717) is 25.3 Å². The van der Waals surface area contributed by atoms with Crippen LogP contribution in [0.4, 0.5) is 0 Å². The molecule has 5 heteroatoms. The fourth-order valence-corrected chi connectivity index (χ4v) is 3.51. The maximum Gasteiger partial charge on any atom is 0.310 e. The maximum absolute atomic E-state index is 12.0. The molecular weight excluding hydrogens is 256 g/mol. The van der Waals surface area contributed by atoms with Gasteiger partial charge >= 0.3 is 5.97 Å². The molecule has 0 aromatic heterocycles. The minimum absolute atomic E-state index is 0.0933. The van der Waals surface area contributed by atoms with Crippen LogP contribution in [0.5, 0.6) is 0 Å². The molecule has 1 aliphatic heterocycles. The number of carboxylic acid groups (broad SMARTS) is 1. The molecule has 0 bridgehead atoms. The smallest absolute Gasteiger partial charge is 0.310 e. The molecule has 1 atom stereocenters. The Morgan fingerprint density at radius 1 is 1.35 bits per heavy atom. The Kier molecular flexibility index (Phi) is 5.02. The van der Waals surface area contributed by atoms with E-state index in [1.165, 1.54) is 0 Å². The molecule has 1 amide bonds. The summed E-state index contributed by atoms with van der Waals surface area (Å²) in [5.41, 5.74) is -0.796. The van der Waals surface area contributed by atoms with E-state index in [0.717, 1.165) is 38.9 Å². The monoisotopic (exact) mass is 282 g/mol. The van der Waals surface area contributed by atoms with Crippen LogP contribution in [-0.2, 0) is 9.59 Å². The van der Waals surface area contributed by atoms with E-state index in [2.05, 4.69) is 17.1 Å². The zero-order chi connectivity index (χ0) is 14.6. The highest BCUT2D eigenvalue weighted by Crippen LogP contribution is 2.41. The SMILES string of the molecule is CCN1CCC(CNC(=O)CC2(C(=O)O)CCCC2)C1. The van der Waals surface area contributed by atoms with Gasteiger partial charge < -0.3 is 15.3 Å². The summed E-state index contributed by atoms with van der Waals surface area (Å²) < 4.78 is 0. The van der Waals surface area contributed by atoms with Crippen molar-refractivity contribution in [2.45, 2.75) is 45.4 Å². The molecule has 2 aliphatic rings. The van der Waals surface area contributed by atoms with Gasteiger partial charge in [-0.3, -0.25) is 9.59 Å². The van der Waals surface area contributed by atoms with Crippen LogP contribution in [0.2, 0.25) is 0 Å². The third-order valence-corrected chi connectivity index (χ3v) is 4.92. The van der Waals surface area contributed by atoms with Crippen molar-refractivity contribution in [2.75, 3.05) is 26.2 Å². The Morgan fingerprint density at radius 2 is 2.05 bits per heavy atom. The van der Waals surface area contributed by atoms with Crippen molar-refractivity contribution >= 4 is 11.9 Å². The zero-order valence-electron chi connectivity index (χ0n) is 12.4. The van der Waals surface area contributed by atoms with Gasteiger partial charge in [0.05, 0.1) is 5.41 Å². The lowest BCUT2D eigenvalue weighted by atomic mass is 9.82. The summed E-state index contributed by atoms with van der Waals surface area (Å²) in [6.45, 7) is 6.05. The first-order valence-electron chi connectivity index (χ1n) is 7.78. The predicted molar refractivity (Wildman–Crippen MR) is 76.4 cm³/mol. The summed E-state index contributed by atoms with van der Waals surface area (Å²) in [5.74, 6) is -0.379. The van der Waals surface area contributed by atoms with Gasteiger partial charge in [0.25, 0.3) is 0 Å².